The van der Waals surface area contributed by atoms with Crippen LogP contribution in [0.4, 0.5) is 5.69 Å². The summed E-state index contributed by atoms with van der Waals surface area (Å²) in [6.07, 6.45) is 0. The molecular formula is C12H15ClN2O4. The molecule has 2 N–H and O–H groups in total. The van der Waals surface area contributed by atoms with Gasteiger partial charge < -0.3 is 20.1 Å². The Kier molecular flexibility index (Phi) is 5.44. The maximum Gasteiger partial charge on any atom is 0.313 e. The summed E-state index contributed by atoms with van der Waals surface area (Å²) in [5, 5.41) is 5.17. The number of amides is 2. The van der Waals surface area contributed by atoms with Gasteiger partial charge in [-0.2, -0.15) is 0 Å². The molecule has 0 atom stereocenters. The van der Waals surface area contributed by atoms with Gasteiger partial charge in [-0.1, -0.05) is 11.6 Å². The average Bonchev–Trinajstić information content (AvgIpc) is 2.40. The number of halogens is 1. The van der Waals surface area contributed by atoms with E-state index in [1.165, 1.54) is 26.4 Å². The lowest BCUT2D eigenvalue weighted by Gasteiger charge is -2.12. The van der Waals surface area contributed by atoms with Gasteiger partial charge in [0, 0.05) is 18.7 Å². The molecule has 0 spiro atoms. The van der Waals surface area contributed by atoms with E-state index in [2.05, 4.69) is 10.6 Å². The monoisotopic (exact) mass is 286 g/mol. The number of anilines is 1. The van der Waals surface area contributed by atoms with Crippen LogP contribution in [-0.2, 0) is 9.59 Å². The Morgan fingerprint density at radius 2 is 1.79 bits per heavy atom. The fourth-order valence-electron chi connectivity index (χ4n) is 1.38. The second-order valence-corrected chi connectivity index (χ2v) is 3.91. The number of rotatable bonds is 4. The summed E-state index contributed by atoms with van der Waals surface area (Å²) in [5.74, 6) is -0.805. The molecule has 0 fully saturated rings. The van der Waals surface area contributed by atoms with Gasteiger partial charge in [-0.25, -0.2) is 0 Å². The molecule has 0 aliphatic heterocycles. The number of hydrogen-bond donors (Lipinski definition) is 2. The van der Waals surface area contributed by atoms with Gasteiger partial charge in [0.05, 0.1) is 24.9 Å². The molecule has 0 aliphatic rings. The number of nitrogens with one attached hydrogen (secondary N) is 2. The molecule has 1 rings (SSSR count). The molecule has 6 nitrogen and oxygen atoms in total. The summed E-state index contributed by atoms with van der Waals surface area (Å²) in [4.78, 5) is 22.9. The highest BCUT2D eigenvalue weighted by atomic mass is 35.5. The Morgan fingerprint density at radius 1 is 1.16 bits per heavy atom. The van der Waals surface area contributed by atoms with E-state index in [1.807, 2.05) is 0 Å². The molecule has 0 radical (unpaired) electrons. The summed E-state index contributed by atoms with van der Waals surface area (Å²) in [6, 6.07) is 2.98. The van der Waals surface area contributed by atoms with E-state index in [0.29, 0.717) is 28.8 Å². The fraction of sp³-hybridized carbons (Fsp3) is 0.333. The minimum Gasteiger partial charge on any atom is -0.495 e. The van der Waals surface area contributed by atoms with Crippen LogP contribution in [0.15, 0.2) is 12.1 Å². The summed E-state index contributed by atoms with van der Waals surface area (Å²) in [6.45, 7) is 2.09. The molecule has 2 amide bonds. The van der Waals surface area contributed by atoms with Crippen molar-refractivity contribution in [3.05, 3.63) is 17.2 Å². The molecule has 0 aliphatic carbocycles. The van der Waals surface area contributed by atoms with Crippen LogP contribution in [0.5, 0.6) is 11.5 Å². The van der Waals surface area contributed by atoms with Crippen LogP contribution < -0.4 is 20.1 Å². The van der Waals surface area contributed by atoms with Gasteiger partial charge in [0.15, 0.2) is 0 Å². The highest BCUT2D eigenvalue weighted by molar-refractivity contribution is 6.40. The first-order valence-electron chi connectivity index (χ1n) is 5.54. The van der Waals surface area contributed by atoms with Crippen LogP contribution in [0, 0.1) is 0 Å². The van der Waals surface area contributed by atoms with Crippen LogP contribution in [0.3, 0.4) is 0 Å². The van der Waals surface area contributed by atoms with E-state index in [-0.39, 0.29) is 0 Å². The van der Waals surface area contributed by atoms with E-state index in [4.69, 9.17) is 21.1 Å². The van der Waals surface area contributed by atoms with Gasteiger partial charge in [-0.15, -0.1) is 0 Å². The molecule has 104 valence electrons. The van der Waals surface area contributed by atoms with Crippen LogP contribution in [-0.4, -0.2) is 32.6 Å². The van der Waals surface area contributed by atoms with E-state index in [0.717, 1.165) is 0 Å². The molecule has 19 heavy (non-hydrogen) atoms. The topological polar surface area (TPSA) is 76.7 Å². The third-order valence-electron chi connectivity index (χ3n) is 2.27. The highest BCUT2D eigenvalue weighted by Crippen LogP contribution is 2.35. The van der Waals surface area contributed by atoms with E-state index in [9.17, 15) is 9.59 Å². The lowest BCUT2D eigenvalue weighted by atomic mass is 10.2. The number of carbonyl (C=O) groups is 2. The molecular weight excluding hydrogens is 272 g/mol. The molecule has 0 saturated carbocycles. The number of likely N-dealkylation sites (N-methyl/N-ethyl adjacent to an activating group) is 1. The zero-order valence-electron chi connectivity index (χ0n) is 10.9. The highest BCUT2D eigenvalue weighted by Gasteiger charge is 2.17. The fourth-order valence-corrected chi connectivity index (χ4v) is 1.61. The second-order valence-electron chi connectivity index (χ2n) is 3.50. The Bertz CT molecular complexity index is 491. The van der Waals surface area contributed by atoms with Crippen molar-refractivity contribution in [2.24, 2.45) is 0 Å². The van der Waals surface area contributed by atoms with Crippen LogP contribution in [0.1, 0.15) is 6.92 Å². The van der Waals surface area contributed by atoms with Gasteiger partial charge in [-0.3, -0.25) is 9.59 Å². The van der Waals surface area contributed by atoms with Crippen molar-refractivity contribution in [2.45, 2.75) is 6.92 Å². The largest absolute Gasteiger partial charge is 0.495 e. The molecule has 1 aromatic rings. The second kappa shape index (κ2) is 6.84. The molecule has 0 saturated heterocycles. The SMILES string of the molecule is CCNC(=O)C(=O)Nc1cc(OC)c(Cl)cc1OC. The smallest absolute Gasteiger partial charge is 0.313 e. The van der Waals surface area contributed by atoms with Crippen molar-refractivity contribution in [1.29, 1.82) is 0 Å². The maximum atomic E-state index is 11.6. The summed E-state index contributed by atoms with van der Waals surface area (Å²) >= 11 is 5.93. The summed E-state index contributed by atoms with van der Waals surface area (Å²) in [7, 11) is 2.88. The predicted molar refractivity (Wildman–Crippen MR) is 71.9 cm³/mol. The van der Waals surface area contributed by atoms with Gasteiger partial charge in [0.25, 0.3) is 0 Å². The Morgan fingerprint density at radius 3 is 2.32 bits per heavy atom. The van der Waals surface area contributed by atoms with Gasteiger partial charge >= 0.3 is 11.8 Å². The van der Waals surface area contributed by atoms with Crippen molar-refractivity contribution in [1.82, 2.24) is 5.32 Å². The molecule has 0 unspecified atom stereocenters. The van der Waals surface area contributed by atoms with Crippen molar-refractivity contribution < 1.29 is 19.1 Å². The third-order valence-corrected chi connectivity index (χ3v) is 2.56. The molecule has 0 aromatic heterocycles. The quantitative estimate of drug-likeness (QED) is 0.821. The Balaban J connectivity index is 2.99. The molecule has 7 heteroatoms. The first-order chi connectivity index (χ1) is 9.03. The van der Waals surface area contributed by atoms with Gasteiger partial charge in [0.1, 0.15) is 11.5 Å². The van der Waals surface area contributed by atoms with E-state index >= 15 is 0 Å². The number of hydrogen-bond acceptors (Lipinski definition) is 4. The van der Waals surface area contributed by atoms with E-state index in [1.54, 1.807) is 6.92 Å². The van der Waals surface area contributed by atoms with Crippen LogP contribution >= 0.6 is 11.6 Å². The normalized spacial score (nSPS) is 9.68. The van der Waals surface area contributed by atoms with Crippen LogP contribution in [0.2, 0.25) is 5.02 Å². The van der Waals surface area contributed by atoms with Crippen molar-refractivity contribution in [3.8, 4) is 11.5 Å². The average molecular weight is 287 g/mol. The third kappa shape index (κ3) is 3.75. The molecule has 0 bridgehead atoms. The predicted octanol–water partition coefficient (Wildman–Crippen LogP) is 1.43. The maximum absolute atomic E-state index is 11.6. The lowest BCUT2D eigenvalue weighted by Crippen LogP contribution is -2.35. The van der Waals surface area contributed by atoms with Crippen molar-refractivity contribution in [2.75, 3.05) is 26.1 Å². The van der Waals surface area contributed by atoms with Crippen molar-refractivity contribution in [3.63, 3.8) is 0 Å². The summed E-state index contributed by atoms with van der Waals surface area (Å²) in [5.41, 5.74) is 0.306. The van der Waals surface area contributed by atoms with Gasteiger partial charge in [-0.05, 0) is 6.92 Å². The Hall–Kier alpha value is -1.95. The number of methoxy groups -OCH3 is 2. The minimum absolute atomic E-state index is 0.306. The zero-order valence-corrected chi connectivity index (χ0v) is 11.6. The first kappa shape index (κ1) is 15.1. The summed E-state index contributed by atoms with van der Waals surface area (Å²) < 4.78 is 10.1. The first-order valence-corrected chi connectivity index (χ1v) is 5.92. The number of carbonyl (C=O) groups excluding carboxylic acids is 2. The van der Waals surface area contributed by atoms with Crippen LogP contribution in [0.25, 0.3) is 0 Å². The number of benzene rings is 1. The number of ether oxygens (including phenoxy) is 2. The molecule has 1 aromatic carbocycles. The molecule has 0 heterocycles. The minimum atomic E-state index is -0.787. The zero-order chi connectivity index (χ0) is 14.4. The van der Waals surface area contributed by atoms with Crippen molar-refractivity contribution >= 4 is 29.1 Å². The van der Waals surface area contributed by atoms with Gasteiger partial charge in [0.2, 0.25) is 0 Å². The standard InChI is InChI=1S/C12H15ClN2O4/c1-4-14-11(16)12(17)15-8-6-9(18-2)7(13)5-10(8)19-3/h5-6H,4H2,1-3H3,(H,14,16)(H,15,17). The van der Waals surface area contributed by atoms with E-state index < -0.39 is 11.8 Å². The Labute approximate surface area is 116 Å². The lowest BCUT2D eigenvalue weighted by molar-refractivity contribution is -0.136.